The Morgan fingerprint density at radius 3 is 2.55 bits per heavy atom. The van der Waals surface area contributed by atoms with Crippen molar-refractivity contribution in [1.82, 2.24) is 0 Å². The van der Waals surface area contributed by atoms with Crippen LogP contribution < -0.4 is 0 Å². The lowest BCUT2D eigenvalue weighted by atomic mass is 9.45. The van der Waals surface area contributed by atoms with Crippen LogP contribution in [0.4, 0.5) is 8.78 Å². The number of fused-ring (bicyclic) bond motifs is 5. The molecule has 33 heavy (non-hydrogen) atoms. The van der Waals surface area contributed by atoms with Crippen LogP contribution in [-0.4, -0.2) is 52.2 Å². The molecule has 182 valence electrons. The highest BCUT2D eigenvalue weighted by Crippen LogP contribution is 2.69. The third-order valence-electron chi connectivity index (χ3n) is 9.21. The first-order valence-electron chi connectivity index (χ1n) is 11.7. The van der Waals surface area contributed by atoms with Gasteiger partial charge in [-0.15, -0.1) is 0 Å². The predicted octanol–water partition coefficient (Wildman–Crippen LogP) is 3.01. The van der Waals surface area contributed by atoms with E-state index in [4.69, 9.17) is 4.74 Å². The monoisotopic (exact) mass is 466 g/mol. The largest absolute Gasteiger partial charge is 0.450 e. The van der Waals surface area contributed by atoms with E-state index in [9.17, 15) is 29.0 Å². The molecule has 0 aromatic heterocycles. The zero-order valence-corrected chi connectivity index (χ0v) is 19.4. The molecule has 0 amide bonds. The highest BCUT2D eigenvalue weighted by molar-refractivity contribution is 6.04. The van der Waals surface area contributed by atoms with Crippen molar-refractivity contribution >= 4 is 17.5 Å². The van der Waals surface area contributed by atoms with Gasteiger partial charge in [0.15, 0.2) is 11.4 Å². The van der Waals surface area contributed by atoms with Gasteiger partial charge in [-0.2, -0.15) is 0 Å². The van der Waals surface area contributed by atoms with E-state index in [0.717, 1.165) is 6.08 Å². The van der Waals surface area contributed by atoms with Crippen LogP contribution in [0.2, 0.25) is 0 Å². The summed E-state index contributed by atoms with van der Waals surface area (Å²) < 4.78 is 36.1. The van der Waals surface area contributed by atoms with Crippen molar-refractivity contribution in [3.8, 4) is 0 Å². The summed E-state index contributed by atoms with van der Waals surface area (Å²) >= 11 is 0. The number of ether oxygens (including phenoxy) is 1. The molecule has 8 heteroatoms. The zero-order valence-electron chi connectivity index (χ0n) is 19.4. The predicted molar refractivity (Wildman–Crippen MR) is 114 cm³/mol. The van der Waals surface area contributed by atoms with Crippen molar-refractivity contribution in [2.45, 2.75) is 71.3 Å². The first-order valence-corrected chi connectivity index (χ1v) is 11.7. The molecule has 0 bridgehead atoms. The van der Waals surface area contributed by atoms with E-state index in [-0.39, 0.29) is 30.8 Å². The number of carbonyl (C=O) groups is 3. The zero-order chi connectivity index (χ0) is 24.5. The average Bonchev–Trinajstić information content (AvgIpc) is 2.97. The summed E-state index contributed by atoms with van der Waals surface area (Å²) in [6.45, 7) is 6.00. The van der Waals surface area contributed by atoms with Crippen LogP contribution in [0.5, 0.6) is 0 Å². The summed E-state index contributed by atoms with van der Waals surface area (Å²) in [6, 6.07) is 0. The van der Waals surface area contributed by atoms with Crippen molar-refractivity contribution < 1.29 is 38.1 Å². The Kier molecular flexibility index (Phi) is 5.72. The number of halogens is 2. The van der Waals surface area contributed by atoms with Crippen LogP contribution in [0.3, 0.4) is 0 Å². The van der Waals surface area contributed by atoms with E-state index < -0.39 is 76.4 Å². The van der Waals surface area contributed by atoms with Gasteiger partial charge in [0.05, 0.1) is 6.10 Å². The van der Waals surface area contributed by atoms with E-state index in [1.54, 1.807) is 27.7 Å². The lowest BCUT2D eigenvalue weighted by molar-refractivity contribution is -0.206. The van der Waals surface area contributed by atoms with Crippen molar-refractivity contribution in [3.05, 3.63) is 23.6 Å². The molecule has 0 spiro atoms. The Morgan fingerprint density at radius 1 is 1.27 bits per heavy atom. The maximum Gasteiger partial charge on any atom is 0.306 e. The van der Waals surface area contributed by atoms with E-state index in [1.165, 1.54) is 6.08 Å². The van der Waals surface area contributed by atoms with Crippen LogP contribution >= 0.6 is 0 Å². The fourth-order valence-electron chi connectivity index (χ4n) is 7.99. The first-order chi connectivity index (χ1) is 15.4. The number of alkyl halides is 1. The molecule has 4 aliphatic carbocycles. The summed E-state index contributed by atoms with van der Waals surface area (Å²) in [7, 11) is 0. The number of aliphatic hydroxyl groups is 2. The van der Waals surface area contributed by atoms with Gasteiger partial charge in [0.2, 0.25) is 11.6 Å². The first kappa shape index (κ1) is 24.2. The van der Waals surface area contributed by atoms with Crippen LogP contribution in [-0.2, 0) is 19.1 Å². The molecule has 6 nitrogen and oxygen atoms in total. The van der Waals surface area contributed by atoms with E-state index in [2.05, 4.69) is 0 Å². The summed E-state index contributed by atoms with van der Waals surface area (Å²) in [5.74, 6) is -4.95. The third kappa shape index (κ3) is 2.99. The molecule has 0 unspecified atom stereocenters. The number of hydrogen-bond donors (Lipinski definition) is 2. The molecule has 0 aromatic carbocycles. The minimum atomic E-state index is -1.71. The minimum absolute atomic E-state index is 0.0411. The molecule has 3 saturated carbocycles. The second kappa shape index (κ2) is 7.80. The highest BCUT2D eigenvalue weighted by Gasteiger charge is 2.73. The number of aliphatic hydroxyl groups excluding tert-OH is 2. The van der Waals surface area contributed by atoms with Crippen LogP contribution in [0.15, 0.2) is 23.6 Å². The number of carbonyl (C=O) groups excluding carboxylic acids is 3. The van der Waals surface area contributed by atoms with Gasteiger partial charge in [-0.05, 0) is 37.2 Å². The smallest absolute Gasteiger partial charge is 0.306 e. The maximum atomic E-state index is 15.5. The minimum Gasteiger partial charge on any atom is -0.450 e. The number of allylic oxidation sites excluding steroid dienone is 4. The molecule has 0 saturated heterocycles. The number of Topliss-reactive ketones (excluding diaryl/α,β-unsaturated/α-hetero) is 1. The van der Waals surface area contributed by atoms with Crippen LogP contribution in [0, 0.1) is 34.5 Å². The summed E-state index contributed by atoms with van der Waals surface area (Å²) in [4.78, 5) is 37.5. The quantitative estimate of drug-likeness (QED) is 0.618. The molecule has 2 N–H and O–H groups in total. The highest BCUT2D eigenvalue weighted by atomic mass is 19.1. The standard InChI is InChI=1S/C25H32F2O6/c1-5-19(32)33-25(18(31)11-28)12(2)8-14-13-9-15(26)21-22(27)16(29)6-7-23(21,3)20(13)17(30)10-24(14,25)4/h6-7,12-15,17,20,28,30H,5,8-11H2,1-4H3/t12-,13+,14+,15+,17+,20-,23-,24+,25-/m1/s1. The van der Waals surface area contributed by atoms with Crippen molar-refractivity contribution in [2.75, 3.05) is 6.61 Å². The van der Waals surface area contributed by atoms with Gasteiger partial charge in [-0.1, -0.05) is 33.8 Å². The van der Waals surface area contributed by atoms with Crippen LogP contribution in [0.1, 0.15) is 53.4 Å². The Hall–Kier alpha value is -1.93. The molecule has 9 atom stereocenters. The van der Waals surface area contributed by atoms with Gasteiger partial charge >= 0.3 is 5.97 Å². The molecule has 3 fully saturated rings. The molecular weight excluding hydrogens is 434 g/mol. The van der Waals surface area contributed by atoms with Gasteiger partial charge in [0.1, 0.15) is 12.8 Å². The number of ketones is 2. The molecular formula is C25H32F2O6. The SMILES string of the molecule is CCC(=O)O[C@@]1(C(=O)CO)[C@H](C)C[C@H]2[C@@H]3C[C@H](F)C4=C(F)C(=O)C=C[C@]4(C)[C@H]3[C@@H](O)C[C@@]21C. The summed E-state index contributed by atoms with van der Waals surface area (Å²) in [5.41, 5.74) is -4.07. The molecule has 0 aliphatic heterocycles. The van der Waals surface area contributed by atoms with Gasteiger partial charge in [0.25, 0.3) is 0 Å². The van der Waals surface area contributed by atoms with Gasteiger partial charge in [0, 0.05) is 34.7 Å². The molecule has 0 radical (unpaired) electrons. The molecule has 0 heterocycles. The van der Waals surface area contributed by atoms with Crippen LogP contribution in [0.25, 0.3) is 0 Å². The Bertz CT molecular complexity index is 959. The fraction of sp³-hybridized carbons (Fsp3) is 0.720. The molecule has 0 aromatic rings. The fourth-order valence-corrected chi connectivity index (χ4v) is 7.99. The lowest BCUT2D eigenvalue weighted by Gasteiger charge is -2.60. The topological polar surface area (TPSA) is 101 Å². The average molecular weight is 467 g/mol. The Labute approximate surface area is 192 Å². The van der Waals surface area contributed by atoms with E-state index in [0.29, 0.717) is 6.42 Å². The number of rotatable bonds is 4. The summed E-state index contributed by atoms with van der Waals surface area (Å²) in [6.07, 6.45) is 0.273. The second-order valence-corrected chi connectivity index (χ2v) is 10.7. The van der Waals surface area contributed by atoms with Gasteiger partial charge < -0.3 is 14.9 Å². The third-order valence-corrected chi connectivity index (χ3v) is 9.21. The van der Waals surface area contributed by atoms with Crippen molar-refractivity contribution in [1.29, 1.82) is 0 Å². The van der Waals surface area contributed by atoms with Crippen molar-refractivity contribution in [2.24, 2.45) is 34.5 Å². The normalized spacial score (nSPS) is 46.5. The van der Waals surface area contributed by atoms with E-state index in [1.807, 2.05) is 0 Å². The number of hydrogen-bond acceptors (Lipinski definition) is 6. The maximum absolute atomic E-state index is 15.5. The Balaban J connectivity index is 1.85. The molecule has 4 aliphatic rings. The van der Waals surface area contributed by atoms with E-state index >= 15 is 4.39 Å². The van der Waals surface area contributed by atoms with Gasteiger partial charge in [-0.3, -0.25) is 14.4 Å². The second-order valence-electron chi connectivity index (χ2n) is 10.7. The van der Waals surface area contributed by atoms with Gasteiger partial charge in [-0.25, -0.2) is 8.78 Å². The summed E-state index contributed by atoms with van der Waals surface area (Å²) in [5, 5.41) is 21.2. The number of esters is 1. The van der Waals surface area contributed by atoms with Crippen molar-refractivity contribution in [3.63, 3.8) is 0 Å². The lowest BCUT2D eigenvalue weighted by Crippen LogP contribution is -2.65. The Morgan fingerprint density at radius 2 is 1.94 bits per heavy atom. The molecule has 4 rings (SSSR count).